The number of amides is 4. The number of hydrogen-bond donors (Lipinski definition) is 0. The fourth-order valence-electron chi connectivity index (χ4n) is 1.89. The summed E-state index contributed by atoms with van der Waals surface area (Å²) in [7, 11) is 0. The van der Waals surface area contributed by atoms with Crippen molar-refractivity contribution < 1.29 is 19.2 Å². The van der Waals surface area contributed by atoms with Gasteiger partial charge in [-0.25, -0.2) is 0 Å². The van der Waals surface area contributed by atoms with Crippen molar-refractivity contribution in [2.75, 3.05) is 0 Å². The third-order valence-electron chi connectivity index (χ3n) is 2.65. The molecule has 0 radical (unpaired) electrons. The first-order chi connectivity index (χ1) is 8.06. The van der Waals surface area contributed by atoms with Crippen molar-refractivity contribution in [3.63, 3.8) is 0 Å². The molecule has 0 N–H and O–H groups in total. The number of nitrogens with zero attached hydrogens (tertiary/aromatic N) is 2. The van der Waals surface area contributed by atoms with Crippen molar-refractivity contribution in [3.05, 3.63) is 24.3 Å². The SMILES string of the molecule is CCC(N1C(=O)C=CC1=O)N1C(=O)C=CC1=O. The van der Waals surface area contributed by atoms with E-state index in [9.17, 15) is 19.2 Å². The van der Waals surface area contributed by atoms with E-state index in [1.807, 2.05) is 0 Å². The smallest absolute Gasteiger partial charge is 0.255 e. The van der Waals surface area contributed by atoms with E-state index in [-0.39, 0.29) is 0 Å². The first-order valence-electron chi connectivity index (χ1n) is 5.16. The summed E-state index contributed by atoms with van der Waals surface area (Å²) in [5, 5.41) is 0. The zero-order chi connectivity index (χ0) is 12.6. The van der Waals surface area contributed by atoms with Crippen LogP contribution >= 0.6 is 0 Å². The molecule has 2 aliphatic rings. The molecule has 0 aromatic rings. The summed E-state index contributed by atoms with van der Waals surface area (Å²) in [5.41, 5.74) is 0. The van der Waals surface area contributed by atoms with Crippen molar-refractivity contribution in [2.45, 2.75) is 19.5 Å². The molecule has 0 aromatic heterocycles. The molecule has 0 unspecified atom stereocenters. The largest absolute Gasteiger partial charge is 0.269 e. The summed E-state index contributed by atoms with van der Waals surface area (Å²) in [6.07, 6.45) is 3.97. The van der Waals surface area contributed by atoms with E-state index in [0.29, 0.717) is 6.42 Å². The number of carbonyl (C=O) groups excluding carboxylic acids is 4. The van der Waals surface area contributed by atoms with E-state index >= 15 is 0 Å². The van der Waals surface area contributed by atoms with Crippen molar-refractivity contribution in [3.8, 4) is 0 Å². The van der Waals surface area contributed by atoms with E-state index in [1.165, 1.54) is 0 Å². The Labute approximate surface area is 97.2 Å². The molecule has 0 saturated heterocycles. The Bertz CT molecular complexity index is 400. The predicted octanol–water partition coefficient (Wildman–Crippen LogP) is -0.428. The quantitative estimate of drug-likeness (QED) is 0.621. The van der Waals surface area contributed by atoms with Crippen LogP contribution in [0.4, 0.5) is 0 Å². The maximum absolute atomic E-state index is 11.5. The highest BCUT2D eigenvalue weighted by Crippen LogP contribution is 2.19. The third-order valence-corrected chi connectivity index (χ3v) is 2.65. The van der Waals surface area contributed by atoms with Gasteiger partial charge in [0.2, 0.25) is 0 Å². The number of imide groups is 2. The second kappa shape index (κ2) is 3.97. The van der Waals surface area contributed by atoms with Crippen LogP contribution in [0.1, 0.15) is 13.3 Å². The summed E-state index contributed by atoms with van der Waals surface area (Å²) >= 11 is 0. The molecule has 0 aliphatic carbocycles. The maximum Gasteiger partial charge on any atom is 0.255 e. The summed E-state index contributed by atoms with van der Waals surface area (Å²) in [4.78, 5) is 47.9. The van der Waals surface area contributed by atoms with Gasteiger partial charge in [0.15, 0.2) is 0 Å². The molecule has 0 bridgehead atoms. The maximum atomic E-state index is 11.5. The second-order valence-corrected chi connectivity index (χ2v) is 3.65. The normalized spacial score (nSPS) is 19.4. The lowest BCUT2D eigenvalue weighted by molar-refractivity contribution is -0.152. The molecule has 2 heterocycles. The molecular formula is C11H10N2O4. The summed E-state index contributed by atoms with van der Waals surface area (Å²) in [5.74, 6) is -2.02. The molecule has 0 aromatic carbocycles. The molecular weight excluding hydrogens is 224 g/mol. The van der Waals surface area contributed by atoms with Crippen LogP contribution in [0.3, 0.4) is 0 Å². The molecule has 6 heteroatoms. The minimum Gasteiger partial charge on any atom is -0.269 e. The van der Waals surface area contributed by atoms with Crippen LogP contribution in [0.15, 0.2) is 24.3 Å². The van der Waals surface area contributed by atoms with Crippen LogP contribution in [0.2, 0.25) is 0 Å². The Hall–Kier alpha value is -2.24. The zero-order valence-electron chi connectivity index (χ0n) is 9.12. The van der Waals surface area contributed by atoms with Crippen LogP contribution in [0.5, 0.6) is 0 Å². The first-order valence-corrected chi connectivity index (χ1v) is 5.16. The van der Waals surface area contributed by atoms with Gasteiger partial charge in [-0.1, -0.05) is 6.92 Å². The lowest BCUT2D eigenvalue weighted by Gasteiger charge is -2.31. The summed E-state index contributed by atoms with van der Waals surface area (Å²) in [6, 6.07) is 0. The zero-order valence-corrected chi connectivity index (χ0v) is 9.12. The number of hydrogen-bond acceptors (Lipinski definition) is 4. The van der Waals surface area contributed by atoms with Crippen LogP contribution < -0.4 is 0 Å². The Balaban J connectivity index is 2.29. The molecule has 0 saturated carbocycles. The lowest BCUT2D eigenvalue weighted by atomic mass is 10.3. The van der Waals surface area contributed by atoms with Gasteiger partial charge in [0.25, 0.3) is 23.6 Å². The van der Waals surface area contributed by atoms with Gasteiger partial charge in [-0.3, -0.25) is 29.0 Å². The van der Waals surface area contributed by atoms with Crippen molar-refractivity contribution in [1.82, 2.24) is 9.80 Å². The Kier molecular flexibility index (Phi) is 2.63. The Morgan fingerprint density at radius 2 is 1.12 bits per heavy atom. The molecule has 88 valence electrons. The topological polar surface area (TPSA) is 74.8 Å². The van der Waals surface area contributed by atoms with Gasteiger partial charge in [-0.05, 0) is 6.42 Å². The van der Waals surface area contributed by atoms with Crippen LogP contribution in [-0.2, 0) is 19.2 Å². The molecule has 4 amide bonds. The molecule has 2 aliphatic heterocycles. The standard InChI is InChI=1S/C11H10N2O4/c1-2-7(12-8(14)3-4-9(12)15)13-10(16)5-6-11(13)17/h3-7H,2H2,1H3. The van der Waals surface area contributed by atoms with Crippen molar-refractivity contribution >= 4 is 23.6 Å². The molecule has 0 atom stereocenters. The molecule has 2 rings (SSSR count). The Morgan fingerprint density at radius 3 is 1.35 bits per heavy atom. The Morgan fingerprint density at radius 1 is 0.824 bits per heavy atom. The van der Waals surface area contributed by atoms with Gasteiger partial charge in [0.1, 0.15) is 6.17 Å². The monoisotopic (exact) mass is 234 g/mol. The van der Waals surface area contributed by atoms with Gasteiger partial charge in [-0.15, -0.1) is 0 Å². The fraction of sp³-hybridized carbons (Fsp3) is 0.273. The average Bonchev–Trinajstić information content (AvgIpc) is 2.78. The molecule has 0 spiro atoms. The van der Waals surface area contributed by atoms with E-state index in [1.54, 1.807) is 6.92 Å². The van der Waals surface area contributed by atoms with Crippen molar-refractivity contribution in [2.24, 2.45) is 0 Å². The number of carbonyl (C=O) groups is 4. The van der Waals surface area contributed by atoms with Gasteiger partial charge in [0.05, 0.1) is 0 Å². The fourth-order valence-corrected chi connectivity index (χ4v) is 1.89. The summed E-state index contributed by atoms with van der Waals surface area (Å²) in [6.45, 7) is 1.70. The van der Waals surface area contributed by atoms with Crippen LogP contribution in [-0.4, -0.2) is 39.6 Å². The molecule has 17 heavy (non-hydrogen) atoms. The number of rotatable bonds is 3. The van der Waals surface area contributed by atoms with E-state index in [0.717, 1.165) is 34.1 Å². The van der Waals surface area contributed by atoms with E-state index in [4.69, 9.17) is 0 Å². The predicted molar refractivity (Wildman–Crippen MR) is 56.1 cm³/mol. The highest BCUT2D eigenvalue weighted by atomic mass is 16.2. The highest BCUT2D eigenvalue weighted by Gasteiger charge is 2.39. The second-order valence-electron chi connectivity index (χ2n) is 3.65. The van der Waals surface area contributed by atoms with Gasteiger partial charge in [0, 0.05) is 24.3 Å². The minimum absolute atomic E-state index is 0.304. The lowest BCUT2D eigenvalue weighted by Crippen LogP contribution is -2.53. The average molecular weight is 234 g/mol. The molecule has 6 nitrogen and oxygen atoms in total. The van der Waals surface area contributed by atoms with Gasteiger partial charge in [-0.2, -0.15) is 0 Å². The first kappa shape index (κ1) is 11.3. The summed E-state index contributed by atoms with van der Waals surface area (Å²) < 4.78 is 0. The van der Waals surface area contributed by atoms with Crippen molar-refractivity contribution in [1.29, 1.82) is 0 Å². The van der Waals surface area contributed by atoms with E-state index in [2.05, 4.69) is 0 Å². The highest BCUT2D eigenvalue weighted by molar-refractivity contribution is 6.16. The molecule has 0 fully saturated rings. The van der Waals surface area contributed by atoms with E-state index < -0.39 is 29.8 Å². The third kappa shape index (κ3) is 1.67. The van der Waals surface area contributed by atoms with Gasteiger partial charge < -0.3 is 0 Å². The minimum atomic E-state index is -0.847. The van der Waals surface area contributed by atoms with Gasteiger partial charge >= 0.3 is 0 Å². The van der Waals surface area contributed by atoms with Crippen LogP contribution in [0, 0.1) is 0 Å². The van der Waals surface area contributed by atoms with Crippen LogP contribution in [0.25, 0.3) is 0 Å².